The zero-order valence-corrected chi connectivity index (χ0v) is 8.48. The van der Waals surface area contributed by atoms with Crippen LogP contribution in [0.2, 0.25) is 0 Å². The van der Waals surface area contributed by atoms with Crippen molar-refractivity contribution in [1.82, 2.24) is 4.90 Å². The summed E-state index contributed by atoms with van der Waals surface area (Å²) < 4.78 is 12.7. The maximum Gasteiger partial charge on any atom is 0.224 e. The summed E-state index contributed by atoms with van der Waals surface area (Å²) >= 11 is 0. The van der Waals surface area contributed by atoms with Gasteiger partial charge in [-0.2, -0.15) is 0 Å². The van der Waals surface area contributed by atoms with E-state index in [2.05, 4.69) is 0 Å². The molecule has 2 N–H and O–H groups in total. The van der Waals surface area contributed by atoms with E-state index in [1.165, 1.54) is 12.1 Å². The summed E-state index contributed by atoms with van der Waals surface area (Å²) in [5.74, 6) is -0.240. The molecule has 80 valence electrons. The Morgan fingerprint density at radius 3 is 2.47 bits per heavy atom. The van der Waals surface area contributed by atoms with Gasteiger partial charge >= 0.3 is 0 Å². The van der Waals surface area contributed by atoms with Gasteiger partial charge in [-0.15, -0.1) is 0 Å². The smallest absolute Gasteiger partial charge is 0.224 e. The van der Waals surface area contributed by atoms with Gasteiger partial charge in [-0.05, 0) is 17.7 Å². The fraction of sp³-hybridized carbons (Fsp3) is 0.364. The van der Waals surface area contributed by atoms with E-state index in [-0.39, 0.29) is 23.8 Å². The highest BCUT2D eigenvalue weighted by Gasteiger charge is 2.35. The fourth-order valence-electron chi connectivity index (χ4n) is 2.03. The average Bonchev–Trinajstić information content (AvgIpc) is 2.44. The highest BCUT2D eigenvalue weighted by atomic mass is 19.1. The summed E-state index contributed by atoms with van der Waals surface area (Å²) in [6.45, 7) is 0. The molecule has 1 aromatic carbocycles. The molecule has 1 aliphatic heterocycles. The second-order valence-electron chi connectivity index (χ2n) is 3.87. The van der Waals surface area contributed by atoms with Crippen LogP contribution < -0.4 is 5.73 Å². The van der Waals surface area contributed by atoms with E-state index in [4.69, 9.17) is 5.73 Å². The fourth-order valence-corrected chi connectivity index (χ4v) is 2.03. The average molecular weight is 208 g/mol. The molecule has 0 radical (unpaired) electrons. The number of halogens is 1. The summed E-state index contributed by atoms with van der Waals surface area (Å²) in [6.07, 6.45) is 0.360. The van der Waals surface area contributed by atoms with Crippen LogP contribution in [0.25, 0.3) is 0 Å². The van der Waals surface area contributed by atoms with Crippen LogP contribution in [0.5, 0.6) is 0 Å². The number of hydrogen-bond acceptors (Lipinski definition) is 2. The maximum absolute atomic E-state index is 12.7. The highest BCUT2D eigenvalue weighted by molar-refractivity contribution is 5.80. The van der Waals surface area contributed by atoms with Gasteiger partial charge in [-0.1, -0.05) is 12.1 Å². The van der Waals surface area contributed by atoms with Gasteiger partial charge in [0.15, 0.2) is 0 Å². The third kappa shape index (κ3) is 1.72. The van der Waals surface area contributed by atoms with Crippen molar-refractivity contribution in [2.45, 2.75) is 18.5 Å². The number of rotatable bonds is 1. The Bertz CT molecular complexity index is 377. The molecule has 4 heteroatoms. The molecule has 0 aromatic heterocycles. The maximum atomic E-state index is 12.7. The predicted octanol–water partition coefficient (Wildman–Crippen LogP) is 1.06. The van der Waals surface area contributed by atoms with Crippen molar-refractivity contribution < 1.29 is 9.18 Å². The van der Waals surface area contributed by atoms with Crippen molar-refractivity contribution in [3.8, 4) is 0 Å². The first-order chi connectivity index (χ1) is 7.09. The summed E-state index contributed by atoms with van der Waals surface area (Å²) in [7, 11) is 1.73. The Kier molecular flexibility index (Phi) is 2.44. The largest absolute Gasteiger partial charge is 0.337 e. The molecule has 1 aromatic rings. The number of benzene rings is 1. The number of nitrogens with zero attached hydrogens (tertiary/aromatic N) is 1. The van der Waals surface area contributed by atoms with E-state index in [0.29, 0.717) is 6.42 Å². The van der Waals surface area contributed by atoms with Gasteiger partial charge in [-0.3, -0.25) is 4.79 Å². The van der Waals surface area contributed by atoms with Crippen LogP contribution in [0, 0.1) is 5.82 Å². The van der Waals surface area contributed by atoms with E-state index < -0.39 is 0 Å². The van der Waals surface area contributed by atoms with Crippen LogP contribution in [0.15, 0.2) is 24.3 Å². The Balaban J connectivity index is 2.30. The summed E-state index contributed by atoms with van der Waals surface area (Å²) in [5, 5.41) is 0. The minimum absolute atomic E-state index is 0.0387. The molecule has 15 heavy (non-hydrogen) atoms. The van der Waals surface area contributed by atoms with Crippen molar-refractivity contribution in [3.63, 3.8) is 0 Å². The van der Waals surface area contributed by atoms with E-state index >= 15 is 0 Å². The van der Waals surface area contributed by atoms with Gasteiger partial charge < -0.3 is 10.6 Å². The lowest BCUT2D eigenvalue weighted by molar-refractivity contribution is -0.127. The Morgan fingerprint density at radius 1 is 1.40 bits per heavy atom. The number of amides is 1. The molecule has 0 spiro atoms. The van der Waals surface area contributed by atoms with E-state index in [0.717, 1.165) is 5.56 Å². The van der Waals surface area contributed by atoms with Crippen LogP contribution in [-0.4, -0.2) is 23.9 Å². The van der Waals surface area contributed by atoms with Gasteiger partial charge in [0.25, 0.3) is 0 Å². The van der Waals surface area contributed by atoms with Crippen molar-refractivity contribution in [1.29, 1.82) is 0 Å². The van der Waals surface area contributed by atoms with Crippen LogP contribution in [-0.2, 0) is 4.79 Å². The normalized spacial score (nSPS) is 26.1. The standard InChI is InChI=1S/C11H13FN2O/c1-14-10(15)6-9(13)11(14)7-2-4-8(12)5-3-7/h2-5,9,11H,6,13H2,1H3. The number of likely N-dealkylation sites (N-methyl/N-ethyl adjacent to an activating group) is 1. The third-order valence-corrected chi connectivity index (χ3v) is 2.84. The summed E-state index contributed by atoms with van der Waals surface area (Å²) in [5.41, 5.74) is 6.76. The Morgan fingerprint density at radius 2 is 2.00 bits per heavy atom. The first-order valence-corrected chi connectivity index (χ1v) is 4.86. The third-order valence-electron chi connectivity index (χ3n) is 2.84. The predicted molar refractivity (Wildman–Crippen MR) is 54.5 cm³/mol. The Labute approximate surface area is 87.7 Å². The van der Waals surface area contributed by atoms with Gasteiger partial charge in [0.05, 0.1) is 6.04 Å². The van der Waals surface area contributed by atoms with Gasteiger partial charge in [0.2, 0.25) is 5.91 Å². The Hall–Kier alpha value is -1.42. The van der Waals surface area contributed by atoms with E-state index in [1.807, 2.05) is 0 Å². The van der Waals surface area contributed by atoms with Crippen molar-refractivity contribution in [3.05, 3.63) is 35.6 Å². The molecule has 2 atom stereocenters. The van der Waals surface area contributed by atoms with Crippen molar-refractivity contribution in [2.75, 3.05) is 7.05 Å². The zero-order valence-electron chi connectivity index (χ0n) is 8.48. The highest BCUT2D eigenvalue weighted by Crippen LogP contribution is 2.30. The van der Waals surface area contributed by atoms with Crippen LogP contribution in [0.3, 0.4) is 0 Å². The molecule has 1 aliphatic rings. The number of nitrogens with two attached hydrogens (primary N) is 1. The first-order valence-electron chi connectivity index (χ1n) is 4.86. The molecule has 1 heterocycles. The SMILES string of the molecule is CN1C(=O)CC(N)C1c1ccc(F)cc1. The molecule has 0 aliphatic carbocycles. The second kappa shape index (κ2) is 3.62. The molecule has 0 bridgehead atoms. The lowest BCUT2D eigenvalue weighted by atomic mass is 10.0. The molecule has 3 nitrogen and oxygen atoms in total. The molecule has 2 unspecified atom stereocenters. The molecule has 1 amide bonds. The summed E-state index contributed by atoms with van der Waals surface area (Å²) in [6, 6.07) is 5.80. The molecular weight excluding hydrogens is 195 g/mol. The first kappa shape index (κ1) is 10.1. The lowest BCUT2D eigenvalue weighted by Crippen LogP contribution is -2.30. The van der Waals surface area contributed by atoms with Crippen molar-refractivity contribution in [2.24, 2.45) is 5.73 Å². The van der Waals surface area contributed by atoms with Gasteiger partial charge in [-0.25, -0.2) is 4.39 Å². The minimum atomic E-state index is -0.278. The molecule has 1 fully saturated rings. The minimum Gasteiger partial charge on any atom is -0.337 e. The number of carbonyl (C=O) groups excluding carboxylic acids is 1. The topological polar surface area (TPSA) is 46.3 Å². The van der Waals surface area contributed by atoms with Crippen LogP contribution in [0.1, 0.15) is 18.0 Å². The monoisotopic (exact) mass is 208 g/mol. The lowest BCUT2D eigenvalue weighted by Gasteiger charge is -2.23. The second-order valence-corrected chi connectivity index (χ2v) is 3.87. The molecular formula is C11H13FN2O. The van der Waals surface area contributed by atoms with Gasteiger partial charge in [0, 0.05) is 19.5 Å². The van der Waals surface area contributed by atoms with Gasteiger partial charge in [0.1, 0.15) is 5.82 Å². The van der Waals surface area contributed by atoms with E-state index in [9.17, 15) is 9.18 Å². The quantitative estimate of drug-likeness (QED) is 0.750. The van der Waals surface area contributed by atoms with Crippen LogP contribution in [0.4, 0.5) is 4.39 Å². The zero-order chi connectivity index (χ0) is 11.0. The van der Waals surface area contributed by atoms with E-state index in [1.54, 1.807) is 24.1 Å². The summed E-state index contributed by atoms with van der Waals surface area (Å²) in [4.78, 5) is 13.0. The number of likely N-dealkylation sites (tertiary alicyclic amines) is 1. The number of hydrogen-bond donors (Lipinski definition) is 1. The van der Waals surface area contributed by atoms with Crippen molar-refractivity contribution >= 4 is 5.91 Å². The molecule has 1 saturated heterocycles. The number of carbonyl (C=O) groups is 1. The van der Waals surface area contributed by atoms with Crippen LogP contribution >= 0.6 is 0 Å². The molecule has 2 rings (SSSR count). The molecule has 0 saturated carbocycles.